The molecule has 1 aliphatic heterocycles. The number of benzene rings is 2. The molecule has 1 N–H and O–H groups in total. The second-order valence-electron chi connectivity index (χ2n) is 5.42. The first kappa shape index (κ1) is 15.0. The molecule has 1 amide bonds. The number of amides is 1. The Balaban J connectivity index is 1.83. The van der Waals surface area contributed by atoms with Crippen LogP contribution in [0.15, 0.2) is 48.5 Å². The Hall–Kier alpha value is -1.89. The van der Waals surface area contributed by atoms with Gasteiger partial charge in [-0.1, -0.05) is 18.2 Å². The molecular weight excluding hydrogens is 393 g/mol. The molecule has 112 valence electrons. The third-order valence-electron chi connectivity index (χ3n) is 3.67. The van der Waals surface area contributed by atoms with Gasteiger partial charge in [0.25, 0.3) is 5.91 Å². The van der Waals surface area contributed by atoms with Crippen LogP contribution in [0.4, 0.5) is 5.69 Å². The molecule has 22 heavy (non-hydrogen) atoms. The van der Waals surface area contributed by atoms with Gasteiger partial charge in [0.1, 0.15) is 0 Å². The fraction of sp³-hybridized carbons (Fsp3) is 0.176. The second kappa shape index (κ2) is 5.72. The van der Waals surface area contributed by atoms with Gasteiger partial charge in [-0.25, -0.2) is 4.79 Å². The van der Waals surface area contributed by atoms with E-state index in [0.29, 0.717) is 17.7 Å². The van der Waals surface area contributed by atoms with E-state index >= 15 is 0 Å². The highest BCUT2D eigenvalue weighted by atomic mass is 127. The van der Waals surface area contributed by atoms with Crippen molar-refractivity contribution in [1.82, 2.24) is 0 Å². The number of hydrogen-bond donors (Lipinski definition) is 1. The molecule has 5 heteroatoms. The van der Waals surface area contributed by atoms with Crippen molar-refractivity contribution in [2.45, 2.75) is 18.9 Å². The van der Waals surface area contributed by atoms with Gasteiger partial charge in [-0.3, -0.25) is 4.79 Å². The van der Waals surface area contributed by atoms with Crippen LogP contribution in [0, 0.1) is 3.57 Å². The molecular formula is C17H14INO3. The minimum absolute atomic E-state index is 0.323. The second-order valence-corrected chi connectivity index (χ2v) is 6.66. The van der Waals surface area contributed by atoms with E-state index in [1.165, 1.54) is 0 Å². The lowest BCUT2D eigenvalue weighted by molar-refractivity contribution is -0.134. The number of esters is 1. The van der Waals surface area contributed by atoms with Crippen molar-refractivity contribution in [3.63, 3.8) is 0 Å². The van der Waals surface area contributed by atoms with Crippen molar-refractivity contribution in [1.29, 1.82) is 0 Å². The number of ether oxygens (including phenoxy) is 1. The highest BCUT2D eigenvalue weighted by molar-refractivity contribution is 14.1. The Morgan fingerprint density at radius 1 is 1.18 bits per heavy atom. The Morgan fingerprint density at radius 3 is 2.59 bits per heavy atom. The van der Waals surface area contributed by atoms with Crippen LogP contribution in [0.1, 0.15) is 22.8 Å². The zero-order chi connectivity index (χ0) is 15.7. The summed E-state index contributed by atoms with van der Waals surface area (Å²) in [6.45, 7) is 1.64. The molecule has 0 saturated heterocycles. The van der Waals surface area contributed by atoms with E-state index < -0.39 is 11.6 Å². The first-order chi connectivity index (χ1) is 10.5. The smallest absolute Gasteiger partial charge is 0.339 e. The maximum Gasteiger partial charge on any atom is 0.339 e. The first-order valence-electron chi connectivity index (χ1n) is 6.86. The van der Waals surface area contributed by atoms with Crippen LogP contribution in [0.5, 0.6) is 0 Å². The maximum atomic E-state index is 12.5. The molecule has 0 aromatic heterocycles. The summed E-state index contributed by atoms with van der Waals surface area (Å²) in [5, 5.41) is 2.81. The van der Waals surface area contributed by atoms with Crippen LogP contribution in [0.2, 0.25) is 0 Å². The van der Waals surface area contributed by atoms with Crippen molar-refractivity contribution in [2.24, 2.45) is 0 Å². The molecule has 0 spiro atoms. The van der Waals surface area contributed by atoms with Crippen LogP contribution in [0.3, 0.4) is 0 Å². The number of cyclic esters (lactones) is 1. The number of carbonyl (C=O) groups is 2. The fourth-order valence-corrected chi connectivity index (χ4v) is 2.82. The molecule has 0 radical (unpaired) electrons. The standard InChI is InChI=1S/C17H14INO3/c1-17(16(21)19-13-8-6-12(18)7-9-13)10-11-4-2-3-5-14(11)15(20)22-17/h2-9H,10H2,1H3,(H,19,21)/t17-/m0/s1. The van der Waals surface area contributed by atoms with Crippen molar-refractivity contribution < 1.29 is 14.3 Å². The van der Waals surface area contributed by atoms with E-state index in [0.717, 1.165) is 9.13 Å². The lowest BCUT2D eigenvalue weighted by Gasteiger charge is -2.33. The van der Waals surface area contributed by atoms with Gasteiger partial charge in [-0.05, 0) is 65.4 Å². The third kappa shape index (κ3) is 2.85. The average Bonchev–Trinajstić information content (AvgIpc) is 2.49. The molecule has 0 fully saturated rings. The quantitative estimate of drug-likeness (QED) is 0.614. The van der Waals surface area contributed by atoms with Crippen molar-refractivity contribution in [3.8, 4) is 0 Å². The molecule has 1 heterocycles. The summed E-state index contributed by atoms with van der Waals surface area (Å²) in [5.74, 6) is -0.779. The summed E-state index contributed by atoms with van der Waals surface area (Å²) in [5.41, 5.74) is 0.844. The van der Waals surface area contributed by atoms with Crippen molar-refractivity contribution in [2.75, 3.05) is 5.32 Å². The SMILES string of the molecule is C[C@@]1(C(=O)Nc2ccc(I)cc2)Cc2ccccc2C(=O)O1. The number of carbonyl (C=O) groups excluding carboxylic acids is 2. The minimum atomic E-state index is -1.20. The number of fused-ring (bicyclic) bond motifs is 1. The molecule has 3 rings (SSSR count). The van der Waals surface area contributed by atoms with Gasteiger partial charge in [-0.2, -0.15) is 0 Å². The molecule has 1 aliphatic rings. The number of halogens is 1. The number of anilines is 1. The van der Waals surface area contributed by atoms with Crippen LogP contribution in [-0.4, -0.2) is 17.5 Å². The van der Waals surface area contributed by atoms with E-state index in [-0.39, 0.29) is 5.91 Å². The third-order valence-corrected chi connectivity index (χ3v) is 4.38. The summed E-state index contributed by atoms with van der Waals surface area (Å²) < 4.78 is 6.49. The molecule has 0 aliphatic carbocycles. The number of hydrogen-bond acceptors (Lipinski definition) is 3. The zero-order valence-corrected chi connectivity index (χ0v) is 14.1. The topological polar surface area (TPSA) is 55.4 Å². The van der Waals surface area contributed by atoms with Crippen LogP contribution >= 0.6 is 22.6 Å². The molecule has 4 nitrogen and oxygen atoms in total. The van der Waals surface area contributed by atoms with Gasteiger partial charge in [-0.15, -0.1) is 0 Å². The monoisotopic (exact) mass is 407 g/mol. The van der Waals surface area contributed by atoms with E-state index in [1.807, 2.05) is 36.4 Å². The summed E-state index contributed by atoms with van der Waals surface area (Å²) >= 11 is 2.20. The maximum absolute atomic E-state index is 12.5. The number of rotatable bonds is 2. The van der Waals surface area contributed by atoms with E-state index in [9.17, 15) is 9.59 Å². The highest BCUT2D eigenvalue weighted by Gasteiger charge is 2.42. The zero-order valence-electron chi connectivity index (χ0n) is 11.9. The first-order valence-corrected chi connectivity index (χ1v) is 7.94. The normalized spacial score (nSPS) is 20.0. The molecule has 1 atom stereocenters. The average molecular weight is 407 g/mol. The van der Waals surface area contributed by atoms with E-state index in [1.54, 1.807) is 19.1 Å². The van der Waals surface area contributed by atoms with E-state index in [4.69, 9.17) is 4.74 Å². The molecule has 2 aromatic rings. The van der Waals surface area contributed by atoms with Crippen LogP contribution in [0.25, 0.3) is 0 Å². The Labute approximate surface area is 142 Å². The lowest BCUT2D eigenvalue weighted by Crippen LogP contribution is -2.48. The van der Waals surface area contributed by atoms with Gasteiger partial charge >= 0.3 is 5.97 Å². The molecule has 2 aromatic carbocycles. The Kier molecular flexibility index (Phi) is 3.90. The predicted molar refractivity (Wildman–Crippen MR) is 91.8 cm³/mol. The summed E-state index contributed by atoms with van der Waals surface area (Å²) in [6.07, 6.45) is 0.366. The van der Waals surface area contributed by atoms with Gasteiger partial charge < -0.3 is 10.1 Å². The largest absolute Gasteiger partial charge is 0.445 e. The van der Waals surface area contributed by atoms with Gasteiger partial charge in [0, 0.05) is 15.7 Å². The van der Waals surface area contributed by atoms with Gasteiger partial charge in [0.15, 0.2) is 5.60 Å². The molecule has 0 bridgehead atoms. The summed E-state index contributed by atoms with van der Waals surface area (Å²) in [4.78, 5) is 24.6. The highest BCUT2D eigenvalue weighted by Crippen LogP contribution is 2.29. The van der Waals surface area contributed by atoms with Gasteiger partial charge in [0.2, 0.25) is 0 Å². The minimum Gasteiger partial charge on any atom is -0.445 e. The summed E-state index contributed by atoms with van der Waals surface area (Å²) in [6, 6.07) is 14.7. The lowest BCUT2D eigenvalue weighted by atomic mass is 9.89. The van der Waals surface area contributed by atoms with E-state index in [2.05, 4.69) is 27.9 Å². The Morgan fingerprint density at radius 2 is 1.86 bits per heavy atom. The number of nitrogens with one attached hydrogen (secondary N) is 1. The van der Waals surface area contributed by atoms with Crippen LogP contribution < -0.4 is 5.32 Å². The predicted octanol–water partition coefficient (Wildman–Crippen LogP) is 3.40. The Bertz CT molecular complexity index is 742. The molecule has 0 saturated carbocycles. The fourth-order valence-electron chi connectivity index (χ4n) is 2.46. The molecule has 0 unspecified atom stereocenters. The van der Waals surface area contributed by atoms with Crippen molar-refractivity contribution >= 4 is 40.2 Å². The van der Waals surface area contributed by atoms with Crippen LogP contribution in [-0.2, 0) is 16.0 Å². The van der Waals surface area contributed by atoms with Crippen molar-refractivity contribution in [3.05, 3.63) is 63.2 Å². The van der Waals surface area contributed by atoms with Gasteiger partial charge in [0.05, 0.1) is 5.56 Å². The summed E-state index contributed by atoms with van der Waals surface area (Å²) in [7, 11) is 0.